The molecule has 0 bridgehead atoms. The summed E-state index contributed by atoms with van der Waals surface area (Å²) < 4.78 is 5.71. The van der Waals surface area contributed by atoms with Crippen LogP contribution in [0.4, 0.5) is 0 Å². The number of hydrogen-bond acceptors (Lipinski definition) is 5. The molecule has 0 aliphatic carbocycles. The summed E-state index contributed by atoms with van der Waals surface area (Å²) in [5.41, 5.74) is 1.73. The standard InChI is InChI=1S/C29H29N3O4/c1-20(33)32-29(2,19-22-13-7-4-8-14-22)28(35)31-24(18-17-21-11-5-3-6-12-21)26(34)27-30-23-15-9-10-16-25(23)36-27/h3-16,24H,17-19H2,1-2H3,(H,31,35)(H,32,33)/t24-,29-/m0/s1. The average molecular weight is 484 g/mol. The van der Waals surface area contributed by atoms with Crippen LogP contribution < -0.4 is 10.6 Å². The molecule has 184 valence electrons. The lowest BCUT2D eigenvalue weighted by atomic mass is 9.90. The van der Waals surface area contributed by atoms with Crippen molar-refractivity contribution in [3.05, 3.63) is 102 Å². The van der Waals surface area contributed by atoms with Gasteiger partial charge >= 0.3 is 0 Å². The molecule has 36 heavy (non-hydrogen) atoms. The van der Waals surface area contributed by atoms with E-state index in [1.807, 2.05) is 66.7 Å². The summed E-state index contributed by atoms with van der Waals surface area (Å²) in [4.78, 5) is 43.5. The van der Waals surface area contributed by atoms with E-state index in [2.05, 4.69) is 15.6 Å². The maximum atomic E-state index is 13.6. The number of amides is 2. The molecule has 2 atom stereocenters. The first-order valence-electron chi connectivity index (χ1n) is 11.9. The van der Waals surface area contributed by atoms with Crippen LogP contribution in [-0.2, 0) is 22.4 Å². The number of carbonyl (C=O) groups is 3. The predicted molar refractivity (Wildman–Crippen MR) is 137 cm³/mol. The fourth-order valence-corrected chi connectivity index (χ4v) is 4.24. The Kier molecular flexibility index (Phi) is 7.59. The van der Waals surface area contributed by atoms with Gasteiger partial charge in [0.2, 0.25) is 17.6 Å². The molecule has 0 aliphatic heterocycles. The topological polar surface area (TPSA) is 101 Å². The van der Waals surface area contributed by atoms with E-state index in [4.69, 9.17) is 4.42 Å². The van der Waals surface area contributed by atoms with Crippen LogP contribution in [0.1, 0.15) is 42.1 Å². The van der Waals surface area contributed by atoms with Gasteiger partial charge in [-0.15, -0.1) is 0 Å². The number of para-hydroxylation sites is 2. The molecule has 4 rings (SSSR count). The third kappa shape index (κ3) is 6.05. The molecule has 7 nitrogen and oxygen atoms in total. The maximum absolute atomic E-state index is 13.6. The van der Waals surface area contributed by atoms with Crippen LogP contribution in [0.15, 0.2) is 89.3 Å². The van der Waals surface area contributed by atoms with Crippen LogP contribution in [0.5, 0.6) is 0 Å². The molecule has 0 saturated carbocycles. The largest absolute Gasteiger partial charge is 0.434 e. The smallest absolute Gasteiger partial charge is 0.266 e. The van der Waals surface area contributed by atoms with E-state index < -0.39 is 23.3 Å². The minimum absolute atomic E-state index is 0.0566. The van der Waals surface area contributed by atoms with Gasteiger partial charge in [-0.2, -0.15) is 0 Å². The quantitative estimate of drug-likeness (QED) is 0.328. The minimum atomic E-state index is -1.26. The van der Waals surface area contributed by atoms with Crippen molar-refractivity contribution in [1.82, 2.24) is 15.6 Å². The summed E-state index contributed by atoms with van der Waals surface area (Å²) in [7, 11) is 0. The first-order chi connectivity index (χ1) is 17.3. The Morgan fingerprint density at radius 3 is 2.14 bits per heavy atom. The molecule has 1 aromatic heterocycles. The number of fused-ring (bicyclic) bond motifs is 1. The van der Waals surface area contributed by atoms with Gasteiger partial charge in [0.1, 0.15) is 11.1 Å². The van der Waals surface area contributed by atoms with Crippen molar-refractivity contribution < 1.29 is 18.8 Å². The lowest BCUT2D eigenvalue weighted by molar-refractivity contribution is -0.132. The summed E-state index contributed by atoms with van der Waals surface area (Å²) in [6, 6.07) is 25.4. The highest BCUT2D eigenvalue weighted by atomic mass is 16.4. The fraction of sp³-hybridized carbons (Fsp3) is 0.241. The number of aromatic nitrogens is 1. The second-order valence-corrected chi connectivity index (χ2v) is 9.08. The number of ketones is 1. The zero-order chi connectivity index (χ0) is 25.5. The first kappa shape index (κ1) is 24.9. The molecule has 7 heteroatoms. The van der Waals surface area contributed by atoms with Crippen LogP contribution in [0.2, 0.25) is 0 Å². The van der Waals surface area contributed by atoms with Crippen molar-refractivity contribution in [3.63, 3.8) is 0 Å². The van der Waals surface area contributed by atoms with E-state index >= 15 is 0 Å². The molecule has 1 heterocycles. The highest BCUT2D eigenvalue weighted by molar-refractivity contribution is 6.01. The molecular formula is C29H29N3O4. The Bertz CT molecular complexity index is 1320. The molecule has 0 fully saturated rings. The fourth-order valence-electron chi connectivity index (χ4n) is 4.24. The summed E-state index contributed by atoms with van der Waals surface area (Å²) in [5, 5.41) is 5.68. The zero-order valence-corrected chi connectivity index (χ0v) is 20.4. The van der Waals surface area contributed by atoms with Crippen molar-refractivity contribution in [2.24, 2.45) is 0 Å². The lowest BCUT2D eigenvalue weighted by Gasteiger charge is -2.31. The molecule has 0 aliphatic rings. The van der Waals surface area contributed by atoms with Crippen LogP contribution in [-0.4, -0.2) is 34.2 Å². The number of nitrogens with zero attached hydrogens (tertiary/aromatic N) is 1. The molecule has 2 N–H and O–H groups in total. The summed E-state index contributed by atoms with van der Waals surface area (Å²) in [6.45, 7) is 3.03. The number of carbonyl (C=O) groups excluding carboxylic acids is 3. The van der Waals surface area contributed by atoms with Crippen molar-refractivity contribution in [1.29, 1.82) is 0 Å². The number of aryl methyl sites for hydroxylation is 1. The van der Waals surface area contributed by atoms with Crippen LogP contribution in [0, 0.1) is 0 Å². The number of benzene rings is 3. The zero-order valence-electron chi connectivity index (χ0n) is 20.4. The van der Waals surface area contributed by atoms with Gasteiger partial charge in [-0.1, -0.05) is 72.8 Å². The third-order valence-corrected chi connectivity index (χ3v) is 6.04. The second kappa shape index (κ2) is 11.0. The van der Waals surface area contributed by atoms with Gasteiger partial charge in [-0.3, -0.25) is 14.4 Å². The van der Waals surface area contributed by atoms with E-state index in [1.165, 1.54) is 6.92 Å². The Labute approximate surface area is 209 Å². The Morgan fingerprint density at radius 2 is 1.50 bits per heavy atom. The Morgan fingerprint density at radius 1 is 0.889 bits per heavy atom. The third-order valence-electron chi connectivity index (χ3n) is 6.04. The van der Waals surface area contributed by atoms with Gasteiger partial charge in [-0.25, -0.2) is 4.98 Å². The summed E-state index contributed by atoms with van der Waals surface area (Å²) in [5.74, 6) is -1.27. The summed E-state index contributed by atoms with van der Waals surface area (Å²) in [6.07, 6.45) is 1.17. The maximum Gasteiger partial charge on any atom is 0.266 e. The normalized spacial score (nSPS) is 13.5. The molecule has 0 radical (unpaired) electrons. The van der Waals surface area contributed by atoms with Crippen molar-refractivity contribution in [2.45, 2.75) is 44.7 Å². The number of nitrogens with one attached hydrogen (secondary N) is 2. The van der Waals surface area contributed by atoms with Gasteiger partial charge < -0.3 is 15.1 Å². The van der Waals surface area contributed by atoms with Gasteiger partial charge in [-0.05, 0) is 43.0 Å². The highest BCUT2D eigenvalue weighted by Crippen LogP contribution is 2.19. The molecule has 3 aromatic carbocycles. The molecule has 0 unspecified atom stereocenters. The number of hydrogen-bond donors (Lipinski definition) is 2. The Balaban J connectivity index is 1.60. The van der Waals surface area contributed by atoms with E-state index in [9.17, 15) is 14.4 Å². The van der Waals surface area contributed by atoms with E-state index in [0.29, 0.717) is 23.9 Å². The minimum Gasteiger partial charge on any atom is -0.434 e. The SMILES string of the molecule is CC(=O)N[C@@](C)(Cc1ccccc1)C(=O)N[C@@H](CCc1ccccc1)C(=O)c1nc2ccccc2o1. The van der Waals surface area contributed by atoms with Crippen molar-refractivity contribution >= 4 is 28.7 Å². The van der Waals surface area contributed by atoms with Gasteiger partial charge in [0.25, 0.3) is 5.89 Å². The highest BCUT2D eigenvalue weighted by Gasteiger charge is 2.37. The Hall–Kier alpha value is -4.26. The molecule has 4 aromatic rings. The van der Waals surface area contributed by atoms with Gasteiger partial charge in [0, 0.05) is 13.3 Å². The average Bonchev–Trinajstić information content (AvgIpc) is 3.31. The van der Waals surface area contributed by atoms with E-state index in [0.717, 1.165) is 11.1 Å². The molecule has 0 saturated heterocycles. The van der Waals surface area contributed by atoms with Crippen LogP contribution >= 0.6 is 0 Å². The van der Waals surface area contributed by atoms with E-state index in [1.54, 1.807) is 25.1 Å². The van der Waals surface area contributed by atoms with Crippen molar-refractivity contribution in [3.8, 4) is 0 Å². The second-order valence-electron chi connectivity index (χ2n) is 9.08. The number of oxazole rings is 1. The van der Waals surface area contributed by atoms with Crippen molar-refractivity contribution in [2.75, 3.05) is 0 Å². The number of Topliss-reactive ketones (excluding diaryl/α,β-unsaturated/α-hetero) is 1. The number of rotatable bonds is 10. The predicted octanol–water partition coefficient (Wildman–Crippen LogP) is 4.27. The first-order valence-corrected chi connectivity index (χ1v) is 11.9. The van der Waals surface area contributed by atoms with E-state index in [-0.39, 0.29) is 18.2 Å². The molecule has 0 spiro atoms. The molecule has 2 amide bonds. The van der Waals surface area contributed by atoms with Gasteiger partial charge in [0.05, 0.1) is 6.04 Å². The lowest BCUT2D eigenvalue weighted by Crippen LogP contribution is -2.60. The molecular weight excluding hydrogens is 454 g/mol. The van der Waals surface area contributed by atoms with Crippen LogP contribution in [0.25, 0.3) is 11.1 Å². The van der Waals surface area contributed by atoms with Gasteiger partial charge in [0.15, 0.2) is 5.58 Å². The monoisotopic (exact) mass is 483 g/mol. The summed E-state index contributed by atoms with van der Waals surface area (Å²) >= 11 is 0. The van der Waals surface area contributed by atoms with Crippen LogP contribution in [0.3, 0.4) is 0 Å².